The fourth-order valence-corrected chi connectivity index (χ4v) is 3.71. The van der Waals surface area contributed by atoms with Crippen LogP contribution >= 0.6 is 0 Å². The number of amides is 1. The third kappa shape index (κ3) is 4.60. The molecule has 156 valence electrons. The summed E-state index contributed by atoms with van der Waals surface area (Å²) in [6.45, 7) is 7.88. The van der Waals surface area contributed by atoms with Crippen molar-refractivity contribution < 1.29 is 9.53 Å². The smallest absolute Gasteiger partial charge is 0.409 e. The van der Waals surface area contributed by atoms with E-state index in [2.05, 4.69) is 5.32 Å². The van der Waals surface area contributed by atoms with E-state index in [0.29, 0.717) is 50.5 Å². The van der Waals surface area contributed by atoms with Crippen molar-refractivity contribution in [2.45, 2.75) is 52.2 Å². The first-order chi connectivity index (χ1) is 13.9. The number of benzene rings is 1. The standard InChI is InChI=1S/C22H29N3O4/c1-4-29-22(28)24-12-10-17(11-13-24)23-18-19(21(27)20(18)26)25(15(2)3)14-16-8-6-5-7-9-16/h5-9,15,17,23H,4,10-14H2,1-3H3. The van der Waals surface area contributed by atoms with Crippen LogP contribution in [0.2, 0.25) is 0 Å². The van der Waals surface area contributed by atoms with Gasteiger partial charge in [0.2, 0.25) is 0 Å². The maximum atomic E-state index is 12.4. The monoisotopic (exact) mass is 399 g/mol. The second-order valence-electron chi connectivity index (χ2n) is 7.69. The van der Waals surface area contributed by atoms with Gasteiger partial charge in [-0.05, 0) is 39.2 Å². The van der Waals surface area contributed by atoms with E-state index >= 15 is 0 Å². The van der Waals surface area contributed by atoms with Crippen LogP contribution in [0.1, 0.15) is 39.2 Å². The van der Waals surface area contributed by atoms with Crippen molar-refractivity contribution in [3.8, 4) is 0 Å². The van der Waals surface area contributed by atoms with E-state index in [-0.39, 0.29) is 18.2 Å². The topological polar surface area (TPSA) is 79.0 Å². The van der Waals surface area contributed by atoms with Crippen molar-refractivity contribution in [3.63, 3.8) is 0 Å². The minimum Gasteiger partial charge on any atom is -0.450 e. The molecule has 1 N–H and O–H groups in total. The number of carbonyl (C=O) groups excluding carboxylic acids is 1. The van der Waals surface area contributed by atoms with Gasteiger partial charge in [0, 0.05) is 31.7 Å². The maximum absolute atomic E-state index is 12.4. The summed E-state index contributed by atoms with van der Waals surface area (Å²) in [4.78, 5) is 40.2. The molecule has 0 radical (unpaired) electrons. The van der Waals surface area contributed by atoms with E-state index < -0.39 is 10.9 Å². The highest BCUT2D eigenvalue weighted by atomic mass is 16.6. The lowest BCUT2D eigenvalue weighted by Crippen LogP contribution is -2.48. The maximum Gasteiger partial charge on any atom is 0.409 e. The summed E-state index contributed by atoms with van der Waals surface area (Å²) >= 11 is 0. The molecular formula is C22H29N3O4. The predicted octanol–water partition coefficient (Wildman–Crippen LogP) is 2.73. The van der Waals surface area contributed by atoms with Gasteiger partial charge in [-0.15, -0.1) is 0 Å². The quantitative estimate of drug-likeness (QED) is 0.722. The van der Waals surface area contributed by atoms with Gasteiger partial charge in [0.1, 0.15) is 11.4 Å². The average Bonchev–Trinajstić information content (AvgIpc) is 2.73. The van der Waals surface area contributed by atoms with Crippen molar-refractivity contribution in [1.82, 2.24) is 4.90 Å². The van der Waals surface area contributed by atoms with Gasteiger partial charge in [0.05, 0.1) is 6.61 Å². The molecule has 2 aromatic carbocycles. The van der Waals surface area contributed by atoms with Crippen LogP contribution in [0, 0.1) is 0 Å². The molecule has 1 aliphatic rings. The van der Waals surface area contributed by atoms with Crippen LogP contribution in [-0.4, -0.2) is 42.8 Å². The van der Waals surface area contributed by atoms with E-state index in [4.69, 9.17) is 4.74 Å². The lowest BCUT2D eigenvalue weighted by atomic mass is 10.0. The van der Waals surface area contributed by atoms with Crippen LogP contribution in [0.4, 0.5) is 16.2 Å². The van der Waals surface area contributed by atoms with Gasteiger partial charge in [-0.25, -0.2) is 4.79 Å². The first-order valence-electron chi connectivity index (χ1n) is 10.2. The summed E-state index contributed by atoms with van der Waals surface area (Å²) in [7, 11) is 0. The van der Waals surface area contributed by atoms with Crippen LogP contribution in [-0.2, 0) is 11.3 Å². The van der Waals surface area contributed by atoms with Gasteiger partial charge >= 0.3 is 6.09 Å². The Hall–Kier alpha value is -2.83. The van der Waals surface area contributed by atoms with E-state index in [9.17, 15) is 14.4 Å². The molecule has 0 aliphatic carbocycles. The number of nitrogens with one attached hydrogen (secondary N) is 1. The second-order valence-corrected chi connectivity index (χ2v) is 7.69. The highest BCUT2D eigenvalue weighted by Gasteiger charge is 2.31. The number of hydrogen-bond acceptors (Lipinski definition) is 6. The first kappa shape index (κ1) is 20.9. The SMILES string of the molecule is CCOC(=O)N1CCC(Nc2c(N(Cc3ccccc3)C(C)C)c(=O)c2=O)CC1. The number of ether oxygens (including phenoxy) is 1. The Labute approximate surface area is 171 Å². The number of nitrogens with zero attached hydrogens (tertiary/aromatic N) is 2. The molecule has 29 heavy (non-hydrogen) atoms. The predicted molar refractivity (Wildman–Crippen MR) is 114 cm³/mol. The van der Waals surface area contributed by atoms with E-state index in [1.807, 2.05) is 49.1 Å². The highest BCUT2D eigenvalue weighted by molar-refractivity contribution is 5.76. The second kappa shape index (κ2) is 9.11. The number of carbonyl (C=O) groups is 1. The van der Waals surface area contributed by atoms with Crippen LogP contribution in [0.5, 0.6) is 0 Å². The molecule has 0 bridgehead atoms. The Morgan fingerprint density at radius 1 is 1.17 bits per heavy atom. The Kier molecular flexibility index (Phi) is 6.56. The first-order valence-corrected chi connectivity index (χ1v) is 10.2. The summed E-state index contributed by atoms with van der Waals surface area (Å²) in [5, 5.41) is 3.29. The van der Waals surface area contributed by atoms with E-state index in [0.717, 1.165) is 5.56 Å². The van der Waals surface area contributed by atoms with Crippen LogP contribution in [0.25, 0.3) is 0 Å². The Morgan fingerprint density at radius 2 is 1.83 bits per heavy atom. The Balaban J connectivity index is 1.70. The van der Waals surface area contributed by atoms with E-state index in [1.54, 1.807) is 11.8 Å². The minimum absolute atomic E-state index is 0.0495. The summed E-state index contributed by atoms with van der Waals surface area (Å²) < 4.78 is 5.04. The normalized spacial score (nSPS) is 15.0. The van der Waals surface area contributed by atoms with Crippen LogP contribution in [0.3, 0.4) is 0 Å². The molecule has 7 nitrogen and oxygen atoms in total. The van der Waals surface area contributed by atoms with Crippen molar-refractivity contribution in [2.75, 3.05) is 29.9 Å². The fraction of sp³-hybridized carbons (Fsp3) is 0.500. The molecule has 1 heterocycles. The molecule has 1 fully saturated rings. The largest absolute Gasteiger partial charge is 0.450 e. The van der Waals surface area contributed by atoms with Gasteiger partial charge in [0.15, 0.2) is 0 Å². The third-order valence-corrected chi connectivity index (χ3v) is 5.36. The van der Waals surface area contributed by atoms with E-state index in [1.165, 1.54) is 0 Å². The molecule has 1 aliphatic heterocycles. The fourth-order valence-electron chi connectivity index (χ4n) is 3.71. The van der Waals surface area contributed by atoms with Crippen molar-refractivity contribution in [1.29, 1.82) is 0 Å². The van der Waals surface area contributed by atoms with Crippen LogP contribution in [0.15, 0.2) is 39.9 Å². The summed E-state index contributed by atoms with van der Waals surface area (Å²) in [5.74, 6) is 0. The molecule has 7 heteroatoms. The summed E-state index contributed by atoms with van der Waals surface area (Å²) in [6.07, 6.45) is 1.11. The molecule has 0 aromatic heterocycles. The molecule has 0 atom stereocenters. The number of anilines is 2. The molecule has 0 spiro atoms. The minimum atomic E-state index is -0.452. The van der Waals surface area contributed by atoms with Gasteiger partial charge in [-0.3, -0.25) is 9.59 Å². The van der Waals surface area contributed by atoms with Gasteiger partial charge in [-0.1, -0.05) is 30.3 Å². The molecule has 1 saturated heterocycles. The third-order valence-electron chi connectivity index (χ3n) is 5.36. The lowest BCUT2D eigenvalue weighted by molar-refractivity contribution is 0.0983. The molecule has 2 aromatic rings. The van der Waals surface area contributed by atoms with Gasteiger partial charge < -0.3 is 19.9 Å². The molecule has 0 saturated carbocycles. The molecule has 3 rings (SSSR count). The van der Waals surface area contributed by atoms with Gasteiger partial charge in [0.25, 0.3) is 10.9 Å². The number of likely N-dealkylation sites (tertiary alicyclic amines) is 1. The zero-order valence-electron chi connectivity index (χ0n) is 17.3. The summed E-state index contributed by atoms with van der Waals surface area (Å²) in [6, 6.07) is 10.0. The Morgan fingerprint density at radius 3 is 2.41 bits per heavy atom. The number of hydrogen-bond donors (Lipinski definition) is 1. The van der Waals surface area contributed by atoms with Crippen molar-refractivity contribution >= 4 is 17.5 Å². The van der Waals surface area contributed by atoms with Gasteiger partial charge in [-0.2, -0.15) is 0 Å². The average molecular weight is 399 g/mol. The highest BCUT2D eigenvalue weighted by Crippen LogP contribution is 2.27. The number of rotatable bonds is 7. The Bertz CT molecular complexity index is 895. The van der Waals surface area contributed by atoms with Crippen molar-refractivity contribution in [2.24, 2.45) is 0 Å². The molecular weight excluding hydrogens is 370 g/mol. The van der Waals surface area contributed by atoms with Crippen LogP contribution < -0.4 is 21.1 Å². The van der Waals surface area contributed by atoms with Crippen molar-refractivity contribution in [3.05, 3.63) is 56.3 Å². The zero-order valence-corrected chi connectivity index (χ0v) is 17.3. The lowest BCUT2D eigenvalue weighted by Gasteiger charge is -2.35. The zero-order chi connectivity index (χ0) is 21.0. The number of piperidine rings is 1. The summed E-state index contributed by atoms with van der Waals surface area (Å²) in [5.41, 5.74) is 1.09. The molecule has 1 amide bonds. The molecule has 0 unspecified atom stereocenters.